The number of halogens is 1. The fraction of sp³-hybridized carbons (Fsp3) is 0.368. The van der Waals surface area contributed by atoms with Crippen molar-refractivity contribution in [3.8, 4) is 5.75 Å². The molecule has 2 aromatic carbocycles. The molecule has 2 aromatic rings. The van der Waals surface area contributed by atoms with Crippen LogP contribution in [0.5, 0.6) is 5.75 Å². The summed E-state index contributed by atoms with van der Waals surface area (Å²) in [6.45, 7) is 1.43. The van der Waals surface area contributed by atoms with Crippen LogP contribution in [0.4, 0.5) is 4.39 Å². The summed E-state index contributed by atoms with van der Waals surface area (Å²) in [5, 5.41) is -0.0233. The van der Waals surface area contributed by atoms with Crippen molar-refractivity contribution in [1.82, 2.24) is 4.31 Å². The van der Waals surface area contributed by atoms with Gasteiger partial charge in [0.2, 0.25) is 10.0 Å². The van der Waals surface area contributed by atoms with Crippen molar-refractivity contribution >= 4 is 21.8 Å². The number of rotatable bonds is 3. The number of benzene rings is 2. The van der Waals surface area contributed by atoms with E-state index >= 15 is 0 Å². The summed E-state index contributed by atoms with van der Waals surface area (Å²) in [5.41, 5.74) is 1.60. The summed E-state index contributed by atoms with van der Waals surface area (Å²) >= 11 is 1.62. The molecule has 1 saturated heterocycles. The number of fused-ring (bicyclic) bond motifs is 1. The minimum absolute atomic E-state index is 0.0233. The summed E-state index contributed by atoms with van der Waals surface area (Å²) in [6, 6.07) is 11.8. The van der Waals surface area contributed by atoms with E-state index < -0.39 is 10.0 Å². The quantitative estimate of drug-likeness (QED) is 0.799. The molecule has 0 radical (unpaired) electrons. The Labute approximate surface area is 157 Å². The maximum Gasteiger partial charge on any atom is 0.243 e. The Morgan fingerprint density at radius 2 is 2.00 bits per heavy atom. The number of nitrogens with zero attached hydrogens (tertiary/aromatic N) is 1. The minimum Gasteiger partial charge on any atom is -0.493 e. The van der Waals surface area contributed by atoms with Crippen LogP contribution in [0.25, 0.3) is 0 Å². The largest absolute Gasteiger partial charge is 0.493 e. The first kappa shape index (κ1) is 17.8. The third-order valence-corrected chi connectivity index (χ3v) is 8.06. The second-order valence-electron chi connectivity index (χ2n) is 6.44. The molecule has 0 aliphatic carbocycles. The highest BCUT2D eigenvalue weighted by Gasteiger charge is 2.30. The Kier molecular flexibility index (Phi) is 4.94. The molecule has 2 aliphatic heterocycles. The summed E-state index contributed by atoms with van der Waals surface area (Å²) in [7, 11) is -3.55. The van der Waals surface area contributed by atoms with Crippen molar-refractivity contribution < 1.29 is 17.5 Å². The number of hydrogen-bond acceptors (Lipinski definition) is 4. The molecule has 1 fully saturated rings. The Bertz CT molecular complexity index is 917. The van der Waals surface area contributed by atoms with Gasteiger partial charge in [-0.05, 0) is 36.2 Å². The zero-order chi connectivity index (χ0) is 18.1. The highest BCUT2D eigenvalue weighted by molar-refractivity contribution is 7.99. The maximum atomic E-state index is 14.1. The van der Waals surface area contributed by atoms with Gasteiger partial charge in [-0.2, -0.15) is 16.1 Å². The maximum absolute atomic E-state index is 14.1. The van der Waals surface area contributed by atoms with Crippen LogP contribution in [0.2, 0.25) is 0 Å². The average Bonchev–Trinajstić information content (AvgIpc) is 2.97. The van der Waals surface area contributed by atoms with Crippen LogP contribution >= 0.6 is 11.8 Å². The number of hydrogen-bond donors (Lipinski definition) is 0. The summed E-state index contributed by atoms with van der Waals surface area (Å²) < 4.78 is 47.2. The minimum atomic E-state index is -3.55. The number of ether oxygens (including phenoxy) is 1. The Hall–Kier alpha value is -1.57. The highest BCUT2D eigenvalue weighted by atomic mass is 32.2. The molecule has 2 heterocycles. The monoisotopic (exact) mass is 393 g/mol. The van der Waals surface area contributed by atoms with Crippen LogP contribution < -0.4 is 4.74 Å². The third kappa shape index (κ3) is 3.35. The van der Waals surface area contributed by atoms with E-state index in [2.05, 4.69) is 0 Å². The fourth-order valence-electron chi connectivity index (χ4n) is 3.45. The first-order valence-corrected chi connectivity index (χ1v) is 11.2. The molecule has 1 unspecified atom stereocenters. The zero-order valence-electron chi connectivity index (χ0n) is 14.2. The van der Waals surface area contributed by atoms with E-state index in [9.17, 15) is 12.8 Å². The van der Waals surface area contributed by atoms with Crippen LogP contribution in [0.15, 0.2) is 47.4 Å². The van der Waals surface area contributed by atoms with Gasteiger partial charge in [0.1, 0.15) is 11.6 Å². The molecule has 4 nitrogen and oxygen atoms in total. The van der Waals surface area contributed by atoms with Gasteiger partial charge >= 0.3 is 0 Å². The average molecular weight is 394 g/mol. The van der Waals surface area contributed by atoms with Crippen molar-refractivity contribution in [2.45, 2.75) is 23.0 Å². The van der Waals surface area contributed by atoms with Gasteiger partial charge in [0, 0.05) is 36.1 Å². The van der Waals surface area contributed by atoms with E-state index in [1.54, 1.807) is 42.1 Å². The first-order valence-electron chi connectivity index (χ1n) is 8.67. The van der Waals surface area contributed by atoms with Crippen molar-refractivity contribution in [3.05, 3.63) is 59.4 Å². The molecule has 0 bridgehead atoms. The Morgan fingerprint density at radius 1 is 1.15 bits per heavy atom. The SMILES string of the molecule is O=S(=O)(c1ccc2c(c1)CCO2)N1CCSC(c2ccccc2F)CC1. The molecule has 138 valence electrons. The molecular formula is C19H20FNO3S2. The standard InChI is InChI=1S/C19H20FNO3S2/c20-17-4-2-1-3-16(17)19-7-9-21(10-12-25-19)26(22,23)15-5-6-18-14(13-15)8-11-24-18/h1-6,13,19H,7-12H2. The summed E-state index contributed by atoms with van der Waals surface area (Å²) in [4.78, 5) is 0.316. The molecular weight excluding hydrogens is 373 g/mol. The van der Waals surface area contributed by atoms with Gasteiger partial charge in [-0.1, -0.05) is 18.2 Å². The van der Waals surface area contributed by atoms with Crippen molar-refractivity contribution in [1.29, 1.82) is 0 Å². The van der Waals surface area contributed by atoms with Crippen LogP contribution in [-0.4, -0.2) is 38.2 Å². The van der Waals surface area contributed by atoms with E-state index in [-0.39, 0.29) is 11.1 Å². The van der Waals surface area contributed by atoms with Gasteiger partial charge in [-0.25, -0.2) is 12.8 Å². The van der Waals surface area contributed by atoms with Crippen molar-refractivity contribution in [3.63, 3.8) is 0 Å². The van der Waals surface area contributed by atoms with Crippen LogP contribution in [-0.2, 0) is 16.4 Å². The summed E-state index contributed by atoms with van der Waals surface area (Å²) in [5.74, 6) is 1.20. The van der Waals surface area contributed by atoms with Gasteiger partial charge in [-0.3, -0.25) is 0 Å². The molecule has 1 atom stereocenters. The summed E-state index contributed by atoms with van der Waals surface area (Å²) in [6.07, 6.45) is 1.34. The normalized spacial score (nSPS) is 21.0. The van der Waals surface area contributed by atoms with Gasteiger partial charge in [0.25, 0.3) is 0 Å². The molecule has 26 heavy (non-hydrogen) atoms. The topological polar surface area (TPSA) is 46.6 Å². The Morgan fingerprint density at radius 3 is 2.85 bits per heavy atom. The first-order chi connectivity index (χ1) is 12.6. The second-order valence-corrected chi connectivity index (χ2v) is 9.69. The smallest absolute Gasteiger partial charge is 0.243 e. The Balaban J connectivity index is 1.54. The number of thioether (sulfide) groups is 1. The van der Waals surface area contributed by atoms with E-state index in [0.29, 0.717) is 42.3 Å². The predicted octanol–water partition coefficient (Wildman–Crippen LogP) is 3.63. The highest BCUT2D eigenvalue weighted by Crippen LogP contribution is 2.37. The van der Waals surface area contributed by atoms with E-state index in [0.717, 1.165) is 17.7 Å². The molecule has 0 amide bonds. The lowest BCUT2D eigenvalue weighted by molar-refractivity contribution is 0.356. The lowest BCUT2D eigenvalue weighted by Crippen LogP contribution is -2.33. The second kappa shape index (κ2) is 7.21. The molecule has 2 aliphatic rings. The third-order valence-electron chi connectivity index (χ3n) is 4.85. The molecule has 0 saturated carbocycles. The molecule has 0 spiro atoms. The van der Waals surface area contributed by atoms with Gasteiger partial charge in [-0.15, -0.1) is 0 Å². The van der Waals surface area contributed by atoms with Gasteiger partial charge < -0.3 is 4.74 Å². The lowest BCUT2D eigenvalue weighted by atomic mass is 10.1. The molecule has 0 N–H and O–H groups in total. The fourth-order valence-corrected chi connectivity index (χ4v) is 6.32. The predicted molar refractivity (Wildman–Crippen MR) is 101 cm³/mol. The van der Waals surface area contributed by atoms with Crippen LogP contribution in [0, 0.1) is 5.82 Å². The zero-order valence-corrected chi connectivity index (χ0v) is 15.9. The van der Waals surface area contributed by atoms with Crippen molar-refractivity contribution in [2.75, 3.05) is 25.4 Å². The lowest BCUT2D eigenvalue weighted by Gasteiger charge is -2.20. The molecule has 0 aromatic heterocycles. The van der Waals surface area contributed by atoms with Gasteiger partial charge in [0.05, 0.1) is 11.5 Å². The number of sulfonamides is 1. The molecule has 4 rings (SSSR count). The van der Waals surface area contributed by atoms with Crippen LogP contribution in [0.3, 0.4) is 0 Å². The van der Waals surface area contributed by atoms with Crippen LogP contribution in [0.1, 0.15) is 22.8 Å². The van der Waals surface area contributed by atoms with Gasteiger partial charge in [0.15, 0.2) is 0 Å². The van der Waals surface area contributed by atoms with E-state index in [1.807, 2.05) is 6.07 Å². The van der Waals surface area contributed by atoms with Crippen molar-refractivity contribution in [2.24, 2.45) is 0 Å². The molecule has 7 heteroatoms. The van der Waals surface area contributed by atoms with E-state index in [4.69, 9.17) is 4.74 Å². The van der Waals surface area contributed by atoms with E-state index in [1.165, 1.54) is 10.4 Å².